The number of nitrogens with one attached hydrogen (secondary N) is 1. The summed E-state index contributed by atoms with van der Waals surface area (Å²) in [7, 11) is 2.09. The first kappa shape index (κ1) is 15.6. The Kier molecular flexibility index (Phi) is 4.27. The lowest BCUT2D eigenvalue weighted by Gasteiger charge is -2.23. The molecule has 3 heterocycles. The Hall–Kier alpha value is -1.88. The van der Waals surface area contributed by atoms with Crippen molar-refractivity contribution in [3.05, 3.63) is 41.6 Å². The van der Waals surface area contributed by atoms with E-state index in [9.17, 15) is 0 Å². The fourth-order valence-corrected chi connectivity index (χ4v) is 3.71. The first-order valence-corrected chi connectivity index (χ1v) is 9.14. The van der Waals surface area contributed by atoms with Crippen LogP contribution in [0.25, 0.3) is 0 Å². The zero-order valence-electron chi connectivity index (χ0n) is 14.7. The van der Waals surface area contributed by atoms with Crippen LogP contribution in [0.4, 0.5) is 5.82 Å². The molecule has 0 aromatic carbocycles. The van der Waals surface area contributed by atoms with Crippen LogP contribution >= 0.6 is 0 Å². The molecule has 0 radical (unpaired) electrons. The van der Waals surface area contributed by atoms with Crippen molar-refractivity contribution in [1.82, 2.24) is 19.9 Å². The third kappa shape index (κ3) is 3.18. The molecule has 2 aromatic rings. The smallest absolute Gasteiger partial charge is 0.133 e. The quantitative estimate of drug-likeness (QED) is 0.887. The Labute approximate surface area is 144 Å². The fourth-order valence-electron chi connectivity index (χ4n) is 3.71. The van der Waals surface area contributed by atoms with E-state index in [0.717, 1.165) is 37.1 Å². The van der Waals surface area contributed by atoms with Gasteiger partial charge < -0.3 is 14.8 Å². The summed E-state index contributed by atoms with van der Waals surface area (Å²) in [6.45, 7) is 5.20. The largest absolute Gasteiger partial charge is 0.356 e. The molecule has 2 fully saturated rings. The molecular weight excluding hydrogens is 298 g/mol. The first-order valence-electron chi connectivity index (χ1n) is 9.14. The van der Waals surface area contributed by atoms with Crippen LogP contribution in [0.3, 0.4) is 0 Å². The molecule has 0 spiro atoms. The van der Waals surface area contributed by atoms with Gasteiger partial charge in [0.05, 0.1) is 6.04 Å². The fraction of sp³-hybridized carbons (Fsp3) is 0.579. The molecule has 1 saturated carbocycles. The highest BCUT2D eigenvalue weighted by molar-refractivity contribution is 5.48. The van der Waals surface area contributed by atoms with Crippen LogP contribution < -0.4 is 10.2 Å². The van der Waals surface area contributed by atoms with Gasteiger partial charge in [0.25, 0.3) is 0 Å². The molecule has 0 unspecified atom stereocenters. The van der Waals surface area contributed by atoms with Crippen molar-refractivity contribution in [2.24, 2.45) is 13.0 Å². The van der Waals surface area contributed by atoms with Gasteiger partial charge >= 0.3 is 0 Å². The number of aromatic nitrogens is 3. The van der Waals surface area contributed by atoms with Gasteiger partial charge in [0.1, 0.15) is 11.6 Å². The lowest BCUT2D eigenvalue weighted by Crippen LogP contribution is -2.27. The third-order valence-electron chi connectivity index (χ3n) is 5.24. The maximum absolute atomic E-state index is 4.84. The van der Waals surface area contributed by atoms with Gasteiger partial charge in [-0.1, -0.05) is 6.07 Å². The van der Waals surface area contributed by atoms with Crippen LogP contribution in [-0.4, -0.2) is 27.6 Å². The standard InChI is InChI=1S/C19H27N5/c1-14-5-6-16(18(22-14)24-10-3-4-11-24)13-21-17(15-7-8-15)19-20-9-12-23(19)2/h5-6,9,12,15,17,21H,3-4,7-8,10-11,13H2,1-2H3/t17-/m1/s1. The highest BCUT2D eigenvalue weighted by Crippen LogP contribution is 2.40. The van der Waals surface area contributed by atoms with Crippen molar-refractivity contribution in [1.29, 1.82) is 0 Å². The summed E-state index contributed by atoms with van der Waals surface area (Å²) in [6.07, 6.45) is 9.09. The van der Waals surface area contributed by atoms with E-state index in [1.165, 1.54) is 37.1 Å². The molecule has 2 aliphatic rings. The number of nitrogens with zero attached hydrogens (tertiary/aromatic N) is 4. The van der Waals surface area contributed by atoms with Gasteiger partial charge in [-0.3, -0.25) is 0 Å². The summed E-state index contributed by atoms with van der Waals surface area (Å²) in [4.78, 5) is 11.9. The predicted molar refractivity (Wildman–Crippen MR) is 95.9 cm³/mol. The minimum Gasteiger partial charge on any atom is -0.356 e. The Morgan fingerprint density at radius 2 is 2.04 bits per heavy atom. The van der Waals surface area contributed by atoms with Gasteiger partial charge in [0.2, 0.25) is 0 Å². The van der Waals surface area contributed by atoms with Crippen LogP contribution in [0.5, 0.6) is 0 Å². The Balaban J connectivity index is 1.53. The topological polar surface area (TPSA) is 46.0 Å². The molecule has 1 aliphatic carbocycles. The number of anilines is 1. The molecule has 1 N–H and O–H groups in total. The normalized spacial score (nSPS) is 19.0. The monoisotopic (exact) mass is 325 g/mol. The third-order valence-corrected chi connectivity index (χ3v) is 5.24. The second kappa shape index (κ2) is 6.55. The highest BCUT2D eigenvalue weighted by Gasteiger charge is 2.34. The van der Waals surface area contributed by atoms with Crippen molar-refractivity contribution in [3.63, 3.8) is 0 Å². The maximum Gasteiger partial charge on any atom is 0.133 e. The van der Waals surface area contributed by atoms with Crippen molar-refractivity contribution < 1.29 is 0 Å². The summed E-state index contributed by atoms with van der Waals surface area (Å²) in [6, 6.07) is 4.72. The lowest BCUT2D eigenvalue weighted by molar-refractivity contribution is 0.446. The predicted octanol–water partition coefficient (Wildman–Crippen LogP) is 2.96. The van der Waals surface area contributed by atoms with Gasteiger partial charge in [-0.25, -0.2) is 9.97 Å². The molecule has 1 atom stereocenters. The minimum atomic E-state index is 0.345. The van der Waals surface area contributed by atoms with Crippen LogP contribution in [0, 0.1) is 12.8 Å². The van der Waals surface area contributed by atoms with Crippen molar-refractivity contribution in [2.45, 2.75) is 45.2 Å². The number of hydrogen-bond acceptors (Lipinski definition) is 4. The lowest BCUT2D eigenvalue weighted by atomic mass is 10.1. The SMILES string of the molecule is Cc1ccc(CN[C@@H](c2nccn2C)C2CC2)c(N2CCCC2)n1. The molecule has 5 heteroatoms. The Bertz CT molecular complexity index is 698. The number of pyridine rings is 1. The molecule has 1 saturated heterocycles. The number of rotatable bonds is 6. The van der Waals surface area contributed by atoms with Gasteiger partial charge in [-0.2, -0.15) is 0 Å². The molecule has 0 amide bonds. The van der Waals surface area contributed by atoms with Crippen molar-refractivity contribution >= 4 is 5.82 Å². The van der Waals surface area contributed by atoms with Crippen LogP contribution in [0.15, 0.2) is 24.5 Å². The van der Waals surface area contributed by atoms with Crippen molar-refractivity contribution in [2.75, 3.05) is 18.0 Å². The van der Waals surface area contributed by atoms with E-state index in [2.05, 4.69) is 45.9 Å². The van der Waals surface area contributed by atoms with Gasteiger partial charge in [0.15, 0.2) is 0 Å². The van der Waals surface area contributed by atoms with Crippen LogP contribution in [0.1, 0.15) is 48.8 Å². The summed E-state index contributed by atoms with van der Waals surface area (Å²) in [5.41, 5.74) is 2.41. The zero-order valence-corrected chi connectivity index (χ0v) is 14.7. The van der Waals surface area contributed by atoms with Gasteiger partial charge in [-0.05, 0) is 44.6 Å². The number of imidazole rings is 1. The van der Waals surface area contributed by atoms with Crippen LogP contribution in [-0.2, 0) is 13.6 Å². The summed E-state index contributed by atoms with van der Waals surface area (Å²) >= 11 is 0. The summed E-state index contributed by atoms with van der Waals surface area (Å²) in [5, 5.41) is 3.77. The molecule has 1 aliphatic heterocycles. The molecule has 0 bridgehead atoms. The van der Waals surface area contributed by atoms with E-state index < -0.39 is 0 Å². The average molecular weight is 325 g/mol. The van der Waals surface area contributed by atoms with E-state index in [-0.39, 0.29) is 0 Å². The first-order chi connectivity index (χ1) is 11.7. The molecule has 4 rings (SSSR count). The number of aryl methyl sites for hydroxylation is 2. The van der Waals surface area contributed by atoms with Crippen molar-refractivity contribution in [3.8, 4) is 0 Å². The minimum absolute atomic E-state index is 0.345. The zero-order chi connectivity index (χ0) is 16.5. The molecule has 2 aromatic heterocycles. The average Bonchev–Trinajstić information content (AvgIpc) is 3.09. The Morgan fingerprint density at radius 1 is 1.25 bits per heavy atom. The second-order valence-electron chi connectivity index (χ2n) is 7.22. The maximum atomic E-state index is 4.84. The van der Waals surface area contributed by atoms with E-state index in [0.29, 0.717) is 6.04 Å². The van der Waals surface area contributed by atoms with E-state index in [4.69, 9.17) is 4.98 Å². The van der Waals surface area contributed by atoms with E-state index in [1.54, 1.807) is 0 Å². The summed E-state index contributed by atoms with van der Waals surface area (Å²) < 4.78 is 2.14. The molecule has 5 nitrogen and oxygen atoms in total. The van der Waals surface area contributed by atoms with Gasteiger partial charge in [0, 0.05) is 50.3 Å². The molecule has 128 valence electrons. The summed E-state index contributed by atoms with van der Waals surface area (Å²) in [5.74, 6) is 3.05. The van der Waals surface area contributed by atoms with E-state index >= 15 is 0 Å². The molecular formula is C19H27N5. The van der Waals surface area contributed by atoms with E-state index in [1.807, 2.05) is 12.4 Å². The highest BCUT2D eigenvalue weighted by atomic mass is 15.2. The Morgan fingerprint density at radius 3 is 2.71 bits per heavy atom. The second-order valence-corrected chi connectivity index (χ2v) is 7.22. The van der Waals surface area contributed by atoms with Crippen LogP contribution in [0.2, 0.25) is 0 Å². The van der Waals surface area contributed by atoms with Gasteiger partial charge in [-0.15, -0.1) is 0 Å². The molecule has 24 heavy (non-hydrogen) atoms. The number of hydrogen-bond donors (Lipinski definition) is 1.